The van der Waals surface area contributed by atoms with Crippen LogP contribution < -0.4 is 11.0 Å². The molecule has 4 aliphatic rings. The van der Waals surface area contributed by atoms with Crippen LogP contribution in [0.2, 0.25) is 40.2 Å². The minimum atomic E-state index is -4.18. The number of benzene rings is 4. The van der Waals surface area contributed by atoms with Gasteiger partial charge in [0.05, 0.1) is 62.4 Å². The summed E-state index contributed by atoms with van der Waals surface area (Å²) in [5.41, 5.74) is 1.71. The zero-order valence-corrected chi connectivity index (χ0v) is 31.4. The Labute approximate surface area is 324 Å². The Morgan fingerprint density at radius 3 is 1.04 bits per heavy atom. The Morgan fingerprint density at radius 2 is 0.680 bits per heavy atom. The Balaban J connectivity index is 1.55. The molecule has 4 aliphatic heterocycles. The third-order valence-corrected chi connectivity index (χ3v) is 13.2. The number of aliphatic imine (C=N–C) groups is 4. The summed E-state index contributed by atoms with van der Waals surface area (Å²) < 4.78 is 21.1. The predicted octanol–water partition coefficient (Wildman–Crippen LogP) is 10.1. The summed E-state index contributed by atoms with van der Waals surface area (Å²) in [5.74, 6) is 0.624. The molecule has 0 spiro atoms. The molecule has 0 saturated carbocycles. The third kappa shape index (κ3) is 4.15. The Hall–Kier alpha value is -2.98. The van der Waals surface area contributed by atoms with Crippen LogP contribution in [0.1, 0.15) is 22.3 Å². The SMILES string of the molecule is [F][Al]1[n]2c3c4c(Cl)ccc(Cl)c4c2N=C2N=C(N=c4c5c(Cl)ccc(Cl)c5c([n]41)=NC1=NC(=N3)c3c(Cl)ccc(Cl)c31)c1c(Cl)ccc(Cl)c12. The first-order chi connectivity index (χ1) is 24.0. The molecule has 0 amide bonds. The van der Waals surface area contributed by atoms with Gasteiger partial charge >= 0.3 is 15.0 Å². The third-order valence-electron chi connectivity index (χ3n) is 8.81. The maximum Gasteiger partial charge on any atom is 0.852 e. The van der Waals surface area contributed by atoms with Gasteiger partial charge in [-0.1, -0.05) is 92.8 Å². The molecule has 6 heterocycles. The second kappa shape index (κ2) is 11.0. The van der Waals surface area contributed by atoms with Crippen LogP contribution in [0.15, 0.2) is 78.5 Å². The lowest BCUT2D eigenvalue weighted by Gasteiger charge is -2.13. The van der Waals surface area contributed by atoms with E-state index in [1.165, 1.54) is 7.10 Å². The van der Waals surface area contributed by atoms with Gasteiger partial charge in [0, 0.05) is 21.5 Å². The number of aromatic nitrogens is 2. The number of nitrogens with zero attached hydrogens (tertiary/aromatic N) is 8. The predicted molar refractivity (Wildman–Crippen MR) is 202 cm³/mol. The maximum absolute atomic E-state index is 18.4. The van der Waals surface area contributed by atoms with E-state index < -0.39 is 15.0 Å². The Kier molecular flexibility index (Phi) is 6.99. The van der Waals surface area contributed by atoms with Gasteiger partial charge < -0.3 is 10.6 Å². The summed E-state index contributed by atoms with van der Waals surface area (Å²) in [4.78, 5) is 29.4. The Bertz CT molecular complexity index is 2760. The molecule has 0 saturated heterocycles. The van der Waals surface area contributed by atoms with Crippen molar-refractivity contribution in [2.75, 3.05) is 0 Å². The van der Waals surface area contributed by atoms with E-state index in [1.807, 2.05) is 0 Å². The highest BCUT2D eigenvalue weighted by Crippen LogP contribution is 2.48. The summed E-state index contributed by atoms with van der Waals surface area (Å²) in [5, 5.41) is 3.35. The van der Waals surface area contributed by atoms with Crippen molar-refractivity contribution in [3.63, 3.8) is 0 Å². The van der Waals surface area contributed by atoms with Gasteiger partial charge in [-0.05, 0) is 48.5 Å². The number of halogens is 9. The lowest BCUT2D eigenvalue weighted by atomic mass is 10.1. The summed E-state index contributed by atoms with van der Waals surface area (Å²) in [6.45, 7) is 0. The molecule has 0 unspecified atom stereocenters. The van der Waals surface area contributed by atoms with Crippen molar-refractivity contribution < 1.29 is 3.52 Å². The van der Waals surface area contributed by atoms with Crippen molar-refractivity contribution in [3.8, 4) is 0 Å². The fourth-order valence-corrected chi connectivity index (χ4v) is 10.5. The van der Waals surface area contributed by atoms with Crippen molar-refractivity contribution in [2.24, 2.45) is 30.0 Å². The van der Waals surface area contributed by atoms with E-state index in [9.17, 15) is 0 Å². The molecule has 4 aromatic carbocycles. The second-order valence-electron chi connectivity index (χ2n) is 11.4. The largest absolute Gasteiger partial charge is 0.852 e. The standard InChI is InChI=1S/C32H8Cl8N8.Al.FH/c33-9-1-2-10(34)18-17(9)25-41-26(18)46-28-21-13(37)5-6-14(38)22(21)30(43-28)48-32-24-16(40)8-7-15(39)23(24)31(44-32)47-29-20-12(36)4-3-11(35)19(20)27(42-29)45-25;;/h1-8H;;1H/q-2;+3;/p-1. The monoisotopic (exact) mass is 830 g/mol. The van der Waals surface area contributed by atoms with Crippen molar-refractivity contribution in [3.05, 3.63) is 122 Å². The highest BCUT2D eigenvalue weighted by molar-refractivity contribution is 6.53. The number of rotatable bonds is 0. The maximum atomic E-state index is 18.4. The van der Waals surface area contributed by atoms with Gasteiger partial charge in [0.2, 0.25) is 0 Å². The van der Waals surface area contributed by atoms with Gasteiger partial charge in [0.15, 0.2) is 23.3 Å². The molecular formula is C32H8AlCl8FN8. The molecule has 50 heavy (non-hydrogen) atoms. The fourth-order valence-electron chi connectivity index (χ4n) is 6.75. The first-order valence-electron chi connectivity index (χ1n) is 14.5. The van der Waals surface area contributed by atoms with E-state index >= 15 is 3.52 Å². The van der Waals surface area contributed by atoms with E-state index in [0.717, 1.165) is 0 Å². The van der Waals surface area contributed by atoms with Crippen molar-refractivity contribution >= 4 is 164 Å². The summed E-state index contributed by atoms with van der Waals surface area (Å²) >= 11 is 50.6. The zero-order chi connectivity index (χ0) is 34.5. The highest BCUT2D eigenvalue weighted by Gasteiger charge is 2.43. The van der Waals surface area contributed by atoms with Crippen molar-refractivity contribution in [2.45, 2.75) is 0 Å². The van der Waals surface area contributed by atoms with E-state index in [1.54, 1.807) is 48.5 Å². The normalized spacial score (nSPS) is 15.3. The van der Waals surface area contributed by atoms with Gasteiger partial charge in [-0.2, -0.15) is 0 Å². The lowest BCUT2D eigenvalue weighted by molar-refractivity contribution is 0.732. The first-order valence-corrected chi connectivity index (χ1v) is 19.0. The van der Waals surface area contributed by atoms with E-state index in [-0.39, 0.29) is 66.0 Å². The van der Waals surface area contributed by atoms with Crippen LogP contribution in [-0.2, 0) is 0 Å². The minimum Gasteiger partial charge on any atom is -0.363 e. The molecule has 0 N–H and O–H groups in total. The number of amidine groups is 4. The first kappa shape index (κ1) is 31.7. The lowest BCUT2D eigenvalue weighted by Crippen LogP contribution is -2.44. The van der Waals surface area contributed by atoms with E-state index in [2.05, 4.69) is 0 Å². The molecule has 8 nitrogen and oxygen atoms in total. The second-order valence-corrected chi connectivity index (χ2v) is 16.3. The minimum absolute atomic E-state index is 0.0712. The van der Waals surface area contributed by atoms with Crippen molar-refractivity contribution in [1.82, 2.24) is 7.10 Å². The van der Waals surface area contributed by atoms with Crippen LogP contribution >= 0.6 is 92.8 Å². The van der Waals surface area contributed by atoms with Crippen LogP contribution in [-0.4, -0.2) is 45.5 Å². The molecule has 0 radical (unpaired) electrons. The summed E-state index contributed by atoms with van der Waals surface area (Å²) in [6.07, 6.45) is 0. The van der Waals surface area contributed by atoms with E-state index in [4.69, 9.17) is 123 Å². The zero-order valence-electron chi connectivity index (χ0n) is 24.2. The molecule has 0 atom stereocenters. The molecule has 242 valence electrons. The van der Waals surface area contributed by atoms with Crippen LogP contribution in [0.3, 0.4) is 0 Å². The number of fused-ring (bicyclic) bond motifs is 14. The quantitative estimate of drug-likeness (QED) is 0.137. The number of hydrogen-bond acceptors (Lipinski definition) is 6. The molecule has 0 fully saturated rings. The molecule has 6 aromatic rings. The molecule has 0 aliphatic carbocycles. The molecular weight excluding hydrogens is 826 g/mol. The Morgan fingerprint density at radius 1 is 0.380 bits per heavy atom. The highest BCUT2D eigenvalue weighted by atomic mass is 35.5. The average Bonchev–Trinajstić information content (AvgIpc) is 3.81. The van der Waals surface area contributed by atoms with E-state index in [0.29, 0.717) is 63.9 Å². The van der Waals surface area contributed by atoms with Crippen LogP contribution in [0.4, 0.5) is 15.2 Å². The van der Waals surface area contributed by atoms with Gasteiger partial charge in [-0.25, -0.2) is 30.0 Å². The van der Waals surface area contributed by atoms with Crippen LogP contribution in [0.5, 0.6) is 0 Å². The van der Waals surface area contributed by atoms with Crippen LogP contribution in [0, 0.1) is 0 Å². The van der Waals surface area contributed by atoms with Gasteiger partial charge in [-0.15, -0.1) is 0 Å². The van der Waals surface area contributed by atoms with Gasteiger partial charge in [0.1, 0.15) is 22.6 Å². The average molecular weight is 834 g/mol. The molecule has 2 aromatic heterocycles. The smallest absolute Gasteiger partial charge is 0.363 e. The topological polar surface area (TPSA) is 84.0 Å². The van der Waals surface area contributed by atoms with Gasteiger partial charge in [0.25, 0.3) is 0 Å². The number of hydrogen-bond donors (Lipinski definition) is 0. The summed E-state index contributed by atoms with van der Waals surface area (Å²) in [7, 11) is 0. The fraction of sp³-hybridized carbons (Fsp3) is 0. The van der Waals surface area contributed by atoms with Gasteiger partial charge in [-0.3, -0.25) is 0 Å². The molecule has 10 rings (SSSR count). The van der Waals surface area contributed by atoms with Crippen molar-refractivity contribution in [1.29, 1.82) is 0 Å². The summed E-state index contributed by atoms with van der Waals surface area (Å²) in [6, 6.07) is 12.9. The molecule has 18 heteroatoms. The van der Waals surface area contributed by atoms with Crippen LogP contribution in [0.25, 0.3) is 21.5 Å². The molecule has 6 bridgehead atoms.